The van der Waals surface area contributed by atoms with Crippen LogP contribution in [0.25, 0.3) is 0 Å². The first-order valence-corrected chi connectivity index (χ1v) is 6.32. The molecule has 2 aromatic rings. The number of hydrogen-bond donors (Lipinski definition) is 1. The molecule has 0 saturated heterocycles. The van der Waals surface area contributed by atoms with Gasteiger partial charge in [0, 0.05) is 30.9 Å². The van der Waals surface area contributed by atoms with E-state index in [0.29, 0.717) is 12.1 Å². The second-order valence-corrected chi connectivity index (χ2v) is 4.90. The summed E-state index contributed by atoms with van der Waals surface area (Å²) in [4.78, 5) is 12.1. The maximum Gasteiger partial charge on any atom is 0.251 e. The molecule has 0 spiro atoms. The smallest absolute Gasteiger partial charge is 0.251 e. The number of amides is 1. The molecule has 0 aliphatic heterocycles. The number of rotatable bonds is 3. The minimum Gasteiger partial charge on any atom is -0.348 e. The number of carbonyl (C=O) groups is 1. The average molecular weight is 257 g/mol. The number of aromatic nitrogens is 2. The summed E-state index contributed by atoms with van der Waals surface area (Å²) in [5.74, 6) is -0.0497. The standard InChI is InChI=1S/C15H19N3O/c1-10-5-6-13(7-11(10)2)15(19)16-8-14-9-18(4)17-12(14)3/h5-7,9H,8H2,1-4H3,(H,16,19). The molecule has 1 amide bonds. The van der Waals surface area contributed by atoms with Gasteiger partial charge in [-0.1, -0.05) is 6.07 Å². The predicted molar refractivity (Wildman–Crippen MR) is 75.0 cm³/mol. The summed E-state index contributed by atoms with van der Waals surface area (Å²) in [6.45, 7) is 6.50. The van der Waals surface area contributed by atoms with Crippen molar-refractivity contribution in [2.24, 2.45) is 7.05 Å². The first-order chi connectivity index (χ1) is 8.97. The summed E-state index contributed by atoms with van der Waals surface area (Å²) >= 11 is 0. The Morgan fingerprint density at radius 1 is 1.26 bits per heavy atom. The molecular weight excluding hydrogens is 238 g/mol. The minimum absolute atomic E-state index is 0.0497. The molecule has 4 heteroatoms. The highest BCUT2D eigenvalue weighted by atomic mass is 16.1. The first-order valence-electron chi connectivity index (χ1n) is 6.32. The molecule has 0 aliphatic rings. The molecule has 1 aromatic carbocycles. The number of nitrogens with one attached hydrogen (secondary N) is 1. The average Bonchev–Trinajstić information content (AvgIpc) is 2.68. The molecule has 1 heterocycles. The molecule has 0 radical (unpaired) electrons. The lowest BCUT2D eigenvalue weighted by atomic mass is 10.1. The third-order valence-corrected chi connectivity index (χ3v) is 3.32. The van der Waals surface area contributed by atoms with Crippen molar-refractivity contribution in [1.82, 2.24) is 15.1 Å². The number of benzene rings is 1. The van der Waals surface area contributed by atoms with Gasteiger partial charge in [-0.2, -0.15) is 5.10 Å². The van der Waals surface area contributed by atoms with Crippen molar-refractivity contribution in [2.45, 2.75) is 27.3 Å². The Balaban J connectivity index is 2.05. The van der Waals surface area contributed by atoms with Crippen LogP contribution in [-0.2, 0) is 13.6 Å². The summed E-state index contributed by atoms with van der Waals surface area (Å²) in [5.41, 5.74) is 5.01. The Morgan fingerprint density at radius 3 is 2.58 bits per heavy atom. The zero-order valence-corrected chi connectivity index (χ0v) is 11.8. The molecule has 100 valence electrons. The molecule has 0 bridgehead atoms. The van der Waals surface area contributed by atoms with Crippen LogP contribution < -0.4 is 5.32 Å². The minimum atomic E-state index is -0.0497. The van der Waals surface area contributed by atoms with Gasteiger partial charge >= 0.3 is 0 Å². The largest absolute Gasteiger partial charge is 0.348 e. The van der Waals surface area contributed by atoms with Gasteiger partial charge < -0.3 is 5.32 Å². The molecule has 2 rings (SSSR count). The van der Waals surface area contributed by atoms with E-state index < -0.39 is 0 Å². The van der Waals surface area contributed by atoms with Crippen LogP contribution in [0, 0.1) is 20.8 Å². The van der Waals surface area contributed by atoms with E-state index in [4.69, 9.17) is 0 Å². The Bertz CT molecular complexity index is 614. The quantitative estimate of drug-likeness (QED) is 0.917. The fourth-order valence-corrected chi connectivity index (χ4v) is 1.98. The fraction of sp³-hybridized carbons (Fsp3) is 0.333. The second kappa shape index (κ2) is 5.26. The van der Waals surface area contributed by atoms with Crippen LogP contribution in [-0.4, -0.2) is 15.7 Å². The van der Waals surface area contributed by atoms with Crippen molar-refractivity contribution >= 4 is 5.91 Å². The van der Waals surface area contributed by atoms with Crippen molar-refractivity contribution in [2.75, 3.05) is 0 Å². The third-order valence-electron chi connectivity index (χ3n) is 3.32. The van der Waals surface area contributed by atoms with Crippen LogP contribution in [0.5, 0.6) is 0 Å². The molecule has 4 nitrogen and oxygen atoms in total. The van der Waals surface area contributed by atoms with Gasteiger partial charge in [0.1, 0.15) is 0 Å². The van der Waals surface area contributed by atoms with E-state index in [9.17, 15) is 4.79 Å². The van der Waals surface area contributed by atoms with Crippen LogP contribution in [0.1, 0.15) is 32.7 Å². The van der Waals surface area contributed by atoms with Gasteiger partial charge in [0.2, 0.25) is 0 Å². The van der Waals surface area contributed by atoms with E-state index in [1.54, 1.807) is 4.68 Å². The van der Waals surface area contributed by atoms with Gasteiger partial charge in [0.15, 0.2) is 0 Å². The van der Waals surface area contributed by atoms with E-state index in [1.807, 2.05) is 52.2 Å². The molecule has 0 unspecified atom stereocenters. The third kappa shape index (κ3) is 3.02. The van der Waals surface area contributed by atoms with Crippen molar-refractivity contribution in [3.05, 3.63) is 52.3 Å². The van der Waals surface area contributed by atoms with E-state index in [0.717, 1.165) is 16.8 Å². The maximum absolute atomic E-state index is 12.1. The van der Waals surface area contributed by atoms with Gasteiger partial charge in [-0.25, -0.2) is 0 Å². The summed E-state index contributed by atoms with van der Waals surface area (Å²) in [7, 11) is 1.88. The van der Waals surface area contributed by atoms with E-state index in [-0.39, 0.29) is 5.91 Å². The Labute approximate surface area is 113 Å². The molecule has 0 atom stereocenters. The fourth-order valence-electron chi connectivity index (χ4n) is 1.98. The predicted octanol–water partition coefficient (Wildman–Crippen LogP) is 2.28. The summed E-state index contributed by atoms with van der Waals surface area (Å²) in [6, 6.07) is 5.74. The number of hydrogen-bond acceptors (Lipinski definition) is 2. The molecule has 1 N–H and O–H groups in total. The lowest BCUT2D eigenvalue weighted by Gasteiger charge is -2.06. The SMILES string of the molecule is Cc1ccc(C(=O)NCc2cn(C)nc2C)cc1C. The number of nitrogens with zero attached hydrogens (tertiary/aromatic N) is 2. The number of aryl methyl sites for hydroxylation is 4. The zero-order chi connectivity index (χ0) is 14.0. The summed E-state index contributed by atoms with van der Waals surface area (Å²) in [6.07, 6.45) is 1.93. The van der Waals surface area contributed by atoms with Crippen molar-refractivity contribution < 1.29 is 4.79 Å². The normalized spacial score (nSPS) is 10.5. The lowest BCUT2D eigenvalue weighted by Crippen LogP contribution is -2.23. The Kier molecular flexibility index (Phi) is 3.69. The Hall–Kier alpha value is -2.10. The highest BCUT2D eigenvalue weighted by Gasteiger charge is 2.08. The van der Waals surface area contributed by atoms with Gasteiger partial charge in [-0.05, 0) is 44.0 Å². The van der Waals surface area contributed by atoms with Crippen molar-refractivity contribution in [3.8, 4) is 0 Å². The van der Waals surface area contributed by atoms with Crippen LogP contribution >= 0.6 is 0 Å². The second-order valence-electron chi connectivity index (χ2n) is 4.90. The maximum atomic E-state index is 12.1. The van der Waals surface area contributed by atoms with Crippen LogP contribution in [0.3, 0.4) is 0 Å². The topological polar surface area (TPSA) is 46.9 Å². The van der Waals surface area contributed by atoms with Crippen LogP contribution in [0.4, 0.5) is 0 Å². The van der Waals surface area contributed by atoms with Gasteiger partial charge in [-0.15, -0.1) is 0 Å². The van der Waals surface area contributed by atoms with E-state index >= 15 is 0 Å². The van der Waals surface area contributed by atoms with Gasteiger partial charge in [0.05, 0.1) is 5.69 Å². The summed E-state index contributed by atoms with van der Waals surface area (Å²) < 4.78 is 1.76. The van der Waals surface area contributed by atoms with Gasteiger partial charge in [0.25, 0.3) is 5.91 Å². The highest BCUT2D eigenvalue weighted by Crippen LogP contribution is 2.10. The molecule has 1 aromatic heterocycles. The molecule has 0 fully saturated rings. The number of carbonyl (C=O) groups excluding carboxylic acids is 1. The van der Waals surface area contributed by atoms with Crippen molar-refractivity contribution in [3.63, 3.8) is 0 Å². The first kappa shape index (κ1) is 13.3. The molecule has 0 aliphatic carbocycles. The molecular formula is C15H19N3O. The Morgan fingerprint density at radius 2 is 2.00 bits per heavy atom. The monoisotopic (exact) mass is 257 g/mol. The van der Waals surface area contributed by atoms with E-state index in [2.05, 4.69) is 10.4 Å². The van der Waals surface area contributed by atoms with E-state index in [1.165, 1.54) is 5.56 Å². The van der Waals surface area contributed by atoms with Crippen LogP contribution in [0.2, 0.25) is 0 Å². The van der Waals surface area contributed by atoms with Crippen LogP contribution in [0.15, 0.2) is 24.4 Å². The lowest BCUT2D eigenvalue weighted by molar-refractivity contribution is 0.0951. The summed E-state index contributed by atoms with van der Waals surface area (Å²) in [5, 5.41) is 7.18. The molecule has 19 heavy (non-hydrogen) atoms. The molecule has 0 saturated carbocycles. The van der Waals surface area contributed by atoms with Crippen molar-refractivity contribution in [1.29, 1.82) is 0 Å². The van der Waals surface area contributed by atoms with Gasteiger partial charge in [-0.3, -0.25) is 9.48 Å². The zero-order valence-electron chi connectivity index (χ0n) is 11.8. The highest BCUT2D eigenvalue weighted by molar-refractivity contribution is 5.94.